The summed E-state index contributed by atoms with van der Waals surface area (Å²) in [7, 11) is 0. The lowest BCUT2D eigenvalue weighted by molar-refractivity contribution is 0.349. The monoisotopic (exact) mass is 263 g/mol. The molecule has 1 aliphatic rings. The van der Waals surface area contributed by atoms with E-state index in [2.05, 4.69) is 5.32 Å². The van der Waals surface area contributed by atoms with Gasteiger partial charge in [0.25, 0.3) is 0 Å². The van der Waals surface area contributed by atoms with E-state index in [-0.39, 0.29) is 17.5 Å². The minimum Gasteiger partial charge on any atom is -0.507 e. The molecule has 3 N–H and O–H groups in total. The molecule has 0 aromatic heterocycles. The van der Waals surface area contributed by atoms with Crippen LogP contribution in [0.1, 0.15) is 63.5 Å². The van der Waals surface area contributed by atoms with E-state index in [1.54, 1.807) is 18.2 Å². The molecule has 19 heavy (non-hydrogen) atoms. The molecule has 0 saturated heterocycles. The van der Waals surface area contributed by atoms with Crippen LogP contribution in [0.5, 0.6) is 11.5 Å². The average molecular weight is 263 g/mol. The topological polar surface area (TPSA) is 52.5 Å². The number of phenols is 2. The first kappa shape index (κ1) is 14.2. The Morgan fingerprint density at radius 1 is 1.00 bits per heavy atom. The third-order valence-corrected chi connectivity index (χ3v) is 4.08. The molecule has 1 unspecified atom stereocenters. The van der Waals surface area contributed by atoms with Crippen molar-refractivity contribution in [3.63, 3.8) is 0 Å². The zero-order valence-electron chi connectivity index (χ0n) is 11.7. The summed E-state index contributed by atoms with van der Waals surface area (Å²) in [4.78, 5) is 0. The second-order valence-corrected chi connectivity index (χ2v) is 5.64. The number of benzene rings is 1. The summed E-state index contributed by atoms with van der Waals surface area (Å²) in [6, 6.07) is 5.40. The predicted octanol–water partition coefficient (Wildman–Crippen LogP) is 3.86. The summed E-state index contributed by atoms with van der Waals surface area (Å²) in [5.41, 5.74) is 0.615. The van der Waals surface area contributed by atoms with E-state index in [0.717, 1.165) is 0 Å². The summed E-state index contributed by atoms with van der Waals surface area (Å²) in [5, 5.41) is 23.3. The van der Waals surface area contributed by atoms with Crippen LogP contribution in [-0.2, 0) is 0 Å². The van der Waals surface area contributed by atoms with Crippen LogP contribution >= 0.6 is 0 Å². The Balaban J connectivity index is 2.01. The lowest BCUT2D eigenvalue weighted by Crippen LogP contribution is -2.32. The van der Waals surface area contributed by atoms with Crippen LogP contribution in [0.4, 0.5) is 0 Å². The molecule has 0 amide bonds. The summed E-state index contributed by atoms with van der Waals surface area (Å²) >= 11 is 0. The molecule has 1 aromatic rings. The molecule has 3 heteroatoms. The highest BCUT2D eigenvalue weighted by molar-refractivity contribution is 5.44. The summed E-state index contributed by atoms with van der Waals surface area (Å²) in [6.45, 7) is 2.01. The van der Waals surface area contributed by atoms with Crippen LogP contribution < -0.4 is 5.32 Å². The molecular formula is C16H25NO2. The lowest BCUT2D eigenvalue weighted by Gasteiger charge is -2.26. The number of nitrogens with one attached hydrogen (secondary N) is 1. The highest BCUT2D eigenvalue weighted by Gasteiger charge is 2.19. The zero-order valence-corrected chi connectivity index (χ0v) is 11.7. The smallest absolute Gasteiger partial charge is 0.124 e. The highest BCUT2D eigenvalue weighted by Crippen LogP contribution is 2.33. The maximum Gasteiger partial charge on any atom is 0.124 e. The summed E-state index contributed by atoms with van der Waals surface area (Å²) in [5.74, 6) is 0.344. The molecule has 1 atom stereocenters. The van der Waals surface area contributed by atoms with E-state index in [4.69, 9.17) is 0 Å². The van der Waals surface area contributed by atoms with Crippen molar-refractivity contribution in [2.75, 3.05) is 0 Å². The molecule has 106 valence electrons. The first-order valence-electron chi connectivity index (χ1n) is 7.45. The predicted molar refractivity (Wildman–Crippen MR) is 77.4 cm³/mol. The van der Waals surface area contributed by atoms with Gasteiger partial charge in [0, 0.05) is 12.1 Å². The minimum atomic E-state index is -0.0226. The number of rotatable bonds is 3. The Morgan fingerprint density at radius 2 is 1.53 bits per heavy atom. The van der Waals surface area contributed by atoms with Gasteiger partial charge >= 0.3 is 0 Å². The molecule has 0 heterocycles. The van der Waals surface area contributed by atoms with Crippen molar-refractivity contribution in [1.82, 2.24) is 5.32 Å². The Labute approximate surface area is 115 Å². The van der Waals surface area contributed by atoms with Gasteiger partial charge in [0.1, 0.15) is 11.5 Å². The Hall–Kier alpha value is -1.22. The molecule has 3 nitrogen and oxygen atoms in total. The largest absolute Gasteiger partial charge is 0.507 e. The second-order valence-electron chi connectivity index (χ2n) is 5.64. The van der Waals surface area contributed by atoms with Crippen LogP contribution in [0.15, 0.2) is 18.2 Å². The van der Waals surface area contributed by atoms with E-state index >= 15 is 0 Å². The Bertz CT molecular complexity index is 377. The molecule has 1 fully saturated rings. The number of aromatic hydroxyl groups is 2. The van der Waals surface area contributed by atoms with Crippen LogP contribution in [-0.4, -0.2) is 16.3 Å². The van der Waals surface area contributed by atoms with Crippen molar-refractivity contribution in [2.45, 2.75) is 64.0 Å². The Kier molecular flexibility index (Phi) is 5.08. The van der Waals surface area contributed by atoms with Crippen molar-refractivity contribution in [3.05, 3.63) is 23.8 Å². The average Bonchev–Trinajstić information content (AvgIpc) is 2.32. The standard InChI is InChI=1S/C16H25NO2/c1-12(16-14(18)10-7-11-15(16)19)17-13-8-5-3-2-4-6-9-13/h7,10-13,17-19H,2-6,8-9H2,1H3. The third-order valence-electron chi connectivity index (χ3n) is 4.08. The van der Waals surface area contributed by atoms with Crippen molar-refractivity contribution >= 4 is 0 Å². The van der Waals surface area contributed by atoms with E-state index in [1.807, 2.05) is 6.92 Å². The normalized spacial score (nSPS) is 19.6. The summed E-state index contributed by atoms with van der Waals surface area (Å²) in [6.07, 6.45) is 8.96. The molecule has 0 bridgehead atoms. The molecular weight excluding hydrogens is 238 g/mol. The molecule has 0 radical (unpaired) electrons. The number of hydrogen-bond acceptors (Lipinski definition) is 3. The number of phenolic OH excluding ortho intramolecular Hbond substituents is 2. The van der Waals surface area contributed by atoms with Gasteiger partial charge in [-0.1, -0.05) is 38.2 Å². The van der Waals surface area contributed by atoms with Gasteiger partial charge in [-0.15, -0.1) is 0 Å². The van der Waals surface area contributed by atoms with E-state index in [1.165, 1.54) is 44.9 Å². The van der Waals surface area contributed by atoms with E-state index < -0.39 is 0 Å². The maximum absolute atomic E-state index is 9.89. The number of hydrogen-bond donors (Lipinski definition) is 3. The SMILES string of the molecule is CC(NC1CCCCCCC1)c1c(O)cccc1O. The molecule has 1 aliphatic carbocycles. The first-order chi connectivity index (χ1) is 9.18. The van der Waals surface area contributed by atoms with Crippen LogP contribution in [0.2, 0.25) is 0 Å². The molecule has 2 rings (SSSR count). The summed E-state index contributed by atoms with van der Waals surface area (Å²) < 4.78 is 0. The van der Waals surface area contributed by atoms with Crippen molar-refractivity contribution in [2.24, 2.45) is 0 Å². The van der Waals surface area contributed by atoms with Gasteiger partial charge < -0.3 is 15.5 Å². The van der Waals surface area contributed by atoms with E-state index in [0.29, 0.717) is 11.6 Å². The zero-order chi connectivity index (χ0) is 13.7. The van der Waals surface area contributed by atoms with Gasteiger partial charge in [-0.05, 0) is 31.9 Å². The van der Waals surface area contributed by atoms with Crippen LogP contribution in [0.3, 0.4) is 0 Å². The van der Waals surface area contributed by atoms with Crippen molar-refractivity contribution < 1.29 is 10.2 Å². The second kappa shape index (κ2) is 6.80. The first-order valence-corrected chi connectivity index (χ1v) is 7.45. The maximum atomic E-state index is 9.89. The van der Waals surface area contributed by atoms with Gasteiger partial charge in [-0.2, -0.15) is 0 Å². The van der Waals surface area contributed by atoms with Crippen LogP contribution in [0, 0.1) is 0 Å². The van der Waals surface area contributed by atoms with Gasteiger partial charge in [0.05, 0.1) is 5.56 Å². The van der Waals surface area contributed by atoms with Crippen LogP contribution in [0.25, 0.3) is 0 Å². The molecule has 0 aliphatic heterocycles. The fourth-order valence-electron chi connectivity index (χ4n) is 3.04. The minimum absolute atomic E-state index is 0.0226. The third kappa shape index (κ3) is 3.87. The fraction of sp³-hybridized carbons (Fsp3) is 0.625. The lowest BCUT2D eigenvalue weighted by atomic mass is 9.95. The molecule has 1 saturated carbocycles. The fourth-order valence-corrected chi connectivity index (χ4v) is 3.04. The highest BCUT2D eigenvalue weighted by atomic mass is 16.3. The van der Waals surface area contributed by atoms with Gasteiger partial charge in [-0.25, -0.2) is 0 Å². The van der Waals surface area contributed by atoms with Crippen molar-refractivity contribution in [1.29, 1.82) is 0 Å². The van der Waals surface area contributed by atoms with E-state index in [9.17, 15) is 10.2 Å². The van der Waals surface area contributed by atoms with Gasteiger partial charge in [0.15, 0.2) is 0 Å². The quantitative estimate of drug-likeness (QED) is 0.776. The molecule has 1 aromatic carbocycles. The molecule has 0 spiro atoms. The van der Waals surface area contributed by atoms with Gasteiger partial charge in [0.2, 0.25) is 0 Å². The van der Waals surface area contributed by atoms with Crippen molar-refractivity contribution in [3.8, 4) is 11.5 Å². The Morgan fingerprint density at radius 3 is 2.11 bits per heavy atom. The van der Waals surface area contributed by atoms with Gasteiger partial charge in [-0.3, -0.25) is 0 Å².